The maximum absolute atomic E-state index is 9.73. The molecule has 4 heteroatoms. The van der Waals surface area contributed by atoms with Gasteiger partial charge in [0.15, 0.2) is 0 Å². The second-order valence-electron chi connectivity index (χ2n) is 1.81. The van der Waals surface area contributed by atoms with Gasteiger partial charge in [-0.25, -0.2) is 0 Å². The second-order valence-corrected chi connectivity index (χ2v) is 1.81. The van der Waals surface area contributed by atoms with Crippen LogP contribution >= 0.6 is 0 Å². The van der Waals surface area contributed by atoms with Gasteiger partial charge >= 0.3 is 0 Å². The molecule has 0 bridgehead atoms. The second kappa shape index (κ2) is 5.50. The summed E-state index contributed by atoms with van der Waals surface area (Å²) in [6.45, 7) is 3.41. The summed E-state index contributed by atoms with van der Waals surface area (Å²) in [6.07, 6.45) is 1.03. The van der Waals surface area contributed by atoms with E-state index in [1.54, 1.807) is 0 Å². The largest absolute Gasteiger partial charge is 0.311 e. The lowest BCUT2D eigenvalue weighted by molar-refractivity contribution is -0.477. The third kappa shape index (κ3) is 7.36. The summed E-state index contributed by atoms with van der Waals surface area (Å²) in [5.74, 6) is 0. The molecule has 0 aromatic rings. The van der Waals surface area contributed by atoms with E-state index < -0.39 is 0 Å². The molecule has 0 aromatic carbocycles. The van der Waals surface area contributed by atoms with Gasteiger partial charge in [0.2, 0.25) is 6.54 Å². The SMILES string of the molecule is CCCNCC[N+](=O)[O-]. The fourth-order valence-corrected chi connectivity index (χ4v) is 0.472. The lowest BCUT2D eigenvalue weighted by atomic mass is 10.5. The Kier molecular flexibility index (Phi) is 5.11. The van der Waals surface area contributed by atoms with Crippen LogP contribution in [0.3, 0.4) is 0 Å². The number of hydrogen-bond acceptors (Lipinski definition) is 3. The average Bonchev–Trinajstić information content (AvgIpc) is 1.80. The molecular formula is C5H12N2O2. The van der Waals surface area contributed by atoms with Gasteiger partial charge in [0.05, 0.1) is 6.54 Å². The molecule has 0 aliphatic rings. The van der Waals surface area contributed by atoms with E-state index in [4.69, 9.17) is 0 Å². The smallest absolute Gasteiger partial charge is 0.216 e. The molecular weight excluding hydrogens is 120 g/mol. The van der Waals surface area contributed by atoms with Gasteiger partial charge in [-0.05, 0) is 13.0 Å². The average molecular weight is 132 g/mol. The Balaban J connectivity index is 2.83. The molecule has 1 N–H and O–H groups in total. The molecule has 0 spiro atoms. The van der Waals surface area contributed by atoms with E-state index in [1.165, 1.54) is 0 Å². The minimum Gasteiger partial charge on any atom is -0.311 e. The highest BCUT2D eigenvalue weighted by atomic mass is 16.6. The molecule has 4 nitrogen and oxygen atoms in total. The summed E-state index contributed by atoms with van der Waals surface area (Å²) < 4.78 is 0. The Morgan fingerprint density at radius 1 is 1.56 bits per heavy atom. The molecule has 9 heavy (non-hydrogen) atoms. The molecule has 0 atom stereocenters. The van der Waals surface area contributed by atoms with Crippen molar-refractivity contribution in [3.63, 3.8) is 0 Å². The van der Waals surface area contributed by atoms with Crippen molar-refractivity contribution in [2.45, 2.75) is 13.3 Å². The van der Waals surface area contributed by atoms with E-state index in [2.05, 4.69) is 5.32 Å². The van der Waals surface area contributed by atoms with Gasteiger partial charge in [0.1, 0.15) is 0 Å². The molecule has 0 saturated heterocycles. The molecule has 0 aliphatic carbocycles. The zero-order valence-electron chi connectivity index (χ0n) is 5.59. The number of nitrogens with zero attached hydrogens (tertiary/aromatic N) is 1. The summed E-state index contributed by atoms with van der Waals surface area (Å²) in [4.78, 5) is 9.41. The van der Waals surface area contributed by atoms with Crippen molar-refractivity contribution in [3.8, 4) is 0 Å². The standard InChI is InChI=1S/C5H12N2O2/c1-2-3-6-4-5-7(8)9/h6H,2-5H2,1H3. The van der Waals surface area contributed by atoms with Gasteiger partial charge in [0, 0.05) is 4.92 Å². The lowest BCUT2D eigenvalue weighted by Crippen LogP contribution is -2.22. The Bertz CT molecular complexity index is 85.0. The van der Waals surface area contributed by atoms with Crippen molar-refractivity contribution >= 4 is 0 Å². The van der Waals surface area contributed by atoms with Crippen LogP contribution in [0, 0.1) is 10.1 Å². The third-order valence-corrected chi connectivity index (χ3v) is 0.898. The van der Waals surface area contributed by atoms with Crippen LogP contribution < -0.4 is 5.32 Å². The Labute approximate surface area is 54.4 Å². The quantitative estimate of drug-likeness (QED) is 0.331. The molecule has 0 aromatic heterocycles. The summed E-state index contributed by atoms with van der Waals surface area (Å²) in [5.41, 5.74) is 0. The fraction of sp³-hybridized carbons (Fsp3) is 1.00. The van der Waals surface area contributed by atoms with Crippen molar-refractivity contribution in [2.75, 3.05) is 19.6 Å². The number of hydrogen-bond donors (Lipinski definition) is 1. The van der Waals surface area contributed by atoms with Crippen LogP contribution in [0.5, 0.6) is 0 Å². The minimum atomic E-state index is -0.317. The van der Waals surface area contributed by atoms with Crippen LogP contribution in [0.25, 0.3) is 0 Å². The predicted molar refractivity (Wildman–Crippen MR) is 35.0 cm³/mol. The summed E-state index contributed by atoms with van der Waals surface area (Å²) in [7, 11) is 0. The Morgan fingerprint density at radius 3 is 2.67 bits per heavy atom. The molecule has 0 unspecified atom stereocenters. The van der Waals surface area contributed by atoms with E-state index in [9.17, 15) is 10.1 Å². The molecule has 0 fully saturated rings. The summed E-state index contributed by atoms with van der Waals surface area (Å²) >= 11 is 0. The highest BCUT2D eigenvalue weighted by molar-refractivity contribution is 4.41. The summed E-state index contributed by atoms with van der Waals surface area (Å²) in [6, 6.07) is 0. The zero-order chi connectivity index (χ0) is 7.11. The normalized spacial score (nSPS) is 9.44. The zero-order valence-corrected chi connectivity index (χ0v) is 5.59. The maximum atomic E-state index is 9.73. The van der Waals surface area contributed by atoms with Gasteiger partial charge in [-0.3, -0.25) is 10.1 Å². The van der Waals surface area contributed by atoms with Crippen molar-refractivity contribution in [3.05, 3.63) is 10.1 Å². The third-order valence-electron chi connectivity index (χ3n) is 0.898. The highest BCUT2D eigenvalue weighted by Gasteiger charge is 1.92. The Morgan fingerprint density at radius 2 is 2.22 bits per heavy atom. The molecule has 0 rings (SSSR count). The van der Waals surface area contributed by atoms with E-state index in [0.29, 0.717) is 6.54 Å². The Hall–Kier alpha value is -0.640. The first-order chi connectivity index (χ1) is 4.27. The predicted octanol–water partition coefficient (Wildman–Crippen LogP) is 0.263. The number of nitrogens with one attached hydrogen (secondary N) is 1. The number of nitro groups is 1. The van der Waals surface area contributed by atoms with E-state index in [0.717, 1.165) is 13.0 Å². The van der Waals surface area contributed by atoms with Gasteiger partial charge in [-0.15, -0.1) is 0 Å². The highest BCUT2D eigenvalue weighted by Crippen LogP contribution is 1.69. The van der Waals surface area contributed by atoms with Gasteiger partial charge in [0.25, 0.3) is 0 Å². The molecule has 54 valence electrons. The first-order valence-corrected chi connectivity index (χ1v) is 3.10. The lowest BCUT2D eigenvalue weighted by Gasteiger charge is -1.95. The number of rotatable bonds is 5. The van der Waals surface area contributed by atoms with Crippen molar-refractivity contribution < 1.29 is 4.92 Å². The maximum Gasteiger partial charge on any atom is 0.216 e. The molecule has 0 saturated carbocycles. The topological polar surface area (TPSA) is 55.2 Å². The van der Waals surface area contributed by atoms with Crippen LogP contribution in [0.4, 0.5) is 0 Å². The first kappa shape index (κ1) is 8.36. The summed E-state index contributed by atoms with van der Waals surface area (Å²) in [5, 5.41) is 12.7. The van der Waals surface area contributed by atoms with E-state index >= 15 is 0 Å². The van der Waals surface area contributed by atoms with Gasteiger partial charge < -0.3 is 5.32 Å². The fourth-order valence-electron chi connectivity index (χ4n) is 0.472. The van der Waals surface area contributed by atoms with Crippen LogP contribution in [0.1, 0.15) is 13.3 Å². The van der Waals surface area contributed by atoms with Crippen LogP contribution in [0.2, 0.25) is 0 Å². The minimum absolute atomic E-state index is 0.0278. The van der Waals surface area contributed by atoms with E-state index in [-0.39, 0.29) is 11.5 Å². The monoisotopic (exact) mass is 132 g/mol. The van der Waals surface area contributed by atoms with Crippen molar-refractivity contribution in [1.82, 2.24) is 5.32 Å². The molecule has 0 aliphatic heterocycles. The molecule has 0 heterocycles. The van der Waals surface area contributed by atoms with E-state index in [1.807, 2.05) is 6.92 Å². The molecule has 0 amide bonds. The van der Waals surface area contributed by atoms with Gasteiger partial charge in [-0.2, -0.15) is 0 Å². The van der Waals surface area contributed by atoms with Crippen molar-refractivity contribution in [1.29, 1.82) is 0 Å². The molecule has 0 radical (unpaired) electrons. The van der Waals surface area contributed by atoms with Crippen LogP contribution in [0.15, 0.2) is 0 Å². The van der Waals surface area contributed by atoms with Gasteiger partial charge in [-0.1, -0.05) is 6.92 Å². The van der Waals surface area contributed by atoms with Crippen LogP contribution in [-0.4, -0.2) is 24.6 Å². The van der Waals surface area contributed by atoms with Crippen LogP contribution in [-0.2, 0) is 0 Å². The van der Waals surface area contributed by atoms with Crippen molar-refractivity contribution in [2.24, 2.45) is 0 Å². The first-order valence-electron chi connectivity index (χ1n) is 3.10.